The standard InChI is InChI=1S/C15H15NO4S/c1-10-7-13(21-14(10)15(18)19)16-12(17)9-20-8-11-5-3-2-4-6-11/h2-7H,8-9H2,1H3,(H,16,17)(H,18,19). The van der Waals surface area contributed by atoms with Crippen molar-refractivity contribution in [1.29, 1.82) is 0 Å². The first-order valence-electron chi connectivity index (χ1n) is 6.31. The molecule has 6 heteroatoms. The van der Waals surface area contributed by atoms with Crippen molar-refractivity contribution < 1.29 is 19.4 Å². The molecule has 0 bridgehead atoms. The first-order chi connectivity index (χ1) is 10.1. The number of aromatic carboxylic acids is 1. The lowest BCUT2D eigenvalue weighted by Crippen LogP contribution is -2.17. The molecule has 21 heavy (non-hydrogen) atoms. The molecule has 0 atom stereocenters. The van der Waals surface area contributed by atoms with Crippen molar-refractivity contribution in [3.05, 3.63) is 52.4 Å². The van der Waals surface area contributed by atoms with Crippen LogP contribution in [0.5, 0.6) is 0 Å². The Balaban J connectivity index is 1.82. The van der Waals surface area contributed by atoms with Crippen LogP contribution in [0.15, 0.2) is 36.4 Å². The summed E-state index contributed by atoms with van der Waals surface area (Å²) in [6, 6.07) is 11.2. The molecule has 2 rings (SSSR count). The van der Waals surface area contributed by atoms with E-state index in [9.17, 15) is 9.59 Å². The predicted molar refractivity (Wildman–Crippen MR) is 80.7 cm³/mol. The van der Waals surface area contributed by atoms with Crippen LogP contribution in [0.4, 0.5) is 5.00 Å². The van der Waals surface area contributed by atoms with E-state index in [2.05, 4.69) is 5.32 Å². The predicted octanol–water partition coefficient (Wildman–Crippen LogP) is 2.91. The molecule has 0 aliphatic carbocycles. The molecule has 0 aliphatic heterocycles. The maximum atomic E-state index is 11.7. The Morgan fingerprint density at radius 3 is 2.62 bits per heavy atom. The number of rotatable bonds is 6. The molecule has 0 radical (unpaired) electrons. The van der Waals surface area contributed by atoms with Gasteiger partial charge in [-0.25, -0.2) is 4.79 Å². The lowest BCUT2D eigenvalue weighted by atomic mass is 10.2. The summed E-state index contributed by atoms with van der Waals surface area (Å²) in [5, 5.41) is 12.1. The zero-order valence-electron chi connectivity index (χ0n) is 11.5. The van der Waals surface area contributed by atoms with Gasteiger partial charge in [0.2, 0.25) is 0 Å². The van der Waals surface area contributed by atoms with E-state index in [1.807, 2.05) is 30.3 Å². The molecule has 2 N–H and O–H groups in total. The average Bonchev–Trinajstić information content (AvgIpc) is 2.81. The fourth-order valence-electron chi connectivity index (χ4n) is 1.77. The molecule has 0 spiro atoms. The largest absolute Gasteiger partial charge is 0.477 e. The summed E-state index contributed by atoms with van der Waals surface area (Å²) in [6.45, 7) is 1.98. The minimum absolute atomic E-state index is 0.0752. The number of amides is 1. The summed E-state index contributed by atoms with van der Waals surface area (Å²) < 4.78 is 5.31. The van der Waals surface area contributed by atoms with Crippen molar-refractivity contribution in [2.45, 2.75) is 13.5 Å². The SMILES string of the molecule is Cc1cc(NC(=O)COCc2ccccc2)sc1C(=O)O. The third-order valence-electron chi connectivity index (χ3n) is 2.72. The summed E-state index contributed by atoms with van der Waals surface area (Å²) in [4.78, 5) is 22.9. The van der Waals surface area contributed by atoms with Gasteiger partial charge >= 0.3 is 5.97 Å². The Hall–Kier alpha value is -2.18. The molecule has 5 nitrogen and oxygen atoms in total. The van der Waals surface area contributed by atoms with Gasteiger partial charge in [-0.1, -0.05) is 30.3 Å². The van der Waals surface area contributed by atoms with Crippen LogP contribution in [-0.4, -0.2) is 23.6 Å². The molecule has 0 saturated carbocycles. The number of carbonyl (C=O) groups is 2. The fraction of sp³-hybridized carbons (Fsp3) is 0.200. The Bertz CT molecular complexity index is 636. The highest BCUT2D eigenvalue weighted by atomic mass is 32.1. The van der Waals surface area contributed by atoms with Crippen molar-refractivity contribution >= 4 is 28.2 Å². The van der Waals surface area contributed by atoms with Crippen molar-refractivity contribution in [1.82, 2.24) is 0 Å². The van der Waals surface area contributed by atoms with Crippen molar-refractivity contribution in [2.24, 2.45) is 0 Å². The maximum Gasteiger partial charge on any atom is 0.346 e. The van der Waals surface area contributed by atoms with Gasteiger partial charge in [0, 0.05) is 0 Å². The van der Waals surface area contributed by atoms with E-state index in [1.165, 1.54) is 0 Å². The van der Waals surface area contributed by atoms with E-state index in [4.69, 9.17) is 9.84 Å². The van der Waals surface area contributed by atoms with Gasteiger partial charge in [-0.3, -0.25) is 4.79 Å². The molecule has 2 aromatic rings. The Kier molecular flexibility index (Phi) is 5.08. The van der Waals surface area contributed by atoms with E-state index in [0.717, 1.165) is 16.9 Å². The maximum absolute atomic E-state index is 11.7. The zero-order valence-corrected chi connectivity index (χ0v) is 12.3. The summed E-state index contributed by atoms with van der Waals surface area (Å²) in [7, 11) is 0. The molecule has 1 aromatic heterocycles. The molecule has 1 heterocycles. The molecule has 0 unspecified atom stereocenters. The number of nitrogens with one attached hydrogen (secondary N) is 1. The van der Waals surface area contributed by atoms with E-state index < -0.39 is 5.97 Å². The molecule has 0 aliphatic rings. The third kappa shape index (κ3) is 4.40. The number of anilines is 1. The van der Waals surface area contributed by atoms with Crippen LogP contribution in [0, 0.1) is 6.92 Å². The highest BCUT2D eigenvalue weighted by Gasteiger charge is 2.13. The number of carboxylic acid groups (broad SMARTS) is 1. The van der Waals surface area contributed by atoms with Crippen LogP contribution < -0.4 is 5.32 Å². The van der Waals surface area contributed by atoms with Crippen LogP contribution in [0.3, 0.4) is 0 Å². The normalized spacial score (nSPS) is 10.3. The van der Waals surface area contributed by atoms with E-state index >= 15 is 0 Å². The second-order valence-electron chi connectivity index (χ2n) is 4.45. The number of carbonyl (C=O) groups excluding carboxylic acids is 1. The number of aryl methyl sites for hydroxylation is 1. The number of thiophene rings is 1. The number of carboxylic acids is 1. The van der Waals surface area contributed by atoms with Crippen LogP contribution in [0.25, 0.3) is 0 Å². The highest BCUT2D eigenvalue weighted by molar-refractivity contribution is 7.18. The van der Waals surface area contributed by atoms with Crippen molar-refractivity contribution in [3.8, 4) is 0 Å². The van der Waals surface area contributed by atoms with Gasteiger partial charge in [0.25, 0.3) is 5.91 Å². The van der Waals surface area contributed by atoms with Crippen molar-refractivity contribution in [3.63, 3.8) is 0 Å². The quantitative estimate of drug-likeness (QED) is 0.860. The third-order valence-corrected chi connectivity index (χ3v) is 3.86. The van der Waals surface area contributed by atoms with Gasteiger partial charge in [-0.15, -0.1) is 11.3 Å². The van der Waals surface area contributed by atoms with Crippen molar-refractivity contribution in [2.75, 3.05) is 11.9 Å². The molecule has 0 fully saturated rings. The molecule has 110 valence electrons. The average molecular weight is 305 g/mol. The second-order valence-corrected chi connectivity index (χ2v) is 5.51. The van der Waals surface area contributed by atoms with Gasteiger partial charge in [-0.05, 0) is 24.1 Å². The van der Waals surface area contributed by atoms with Crippen LogP contribution >= 0.6 is 11.3 Å². The smallest absolute Gasteiger partial charge is 0.346 e. The van der Waals surface area contributed by atoms with Crippen LogP contribution in [0.1, 0.15) is 20.8 Å². The first-order valence-corrected chi connectivity index (χ1v) is 7.13. The fourth-order valence-corrected chi connectivity index (χ4v) is 2.69. The Labute approximate surface area is 126 Å². The minimum atomic E-state index is -0.988. The van der Waals surface area contributed by atoms with Gasteiger partial charge in [0.15, 0.2) is 0 Å². The molecule has 1 amide bonds. The second kappa shape index (κ2) is 7.01. The summed E-state index contributed by atoms with van der Waals surface area (Å²) >= 11 is 1.04. The van der Waals surface area contributed by atoms with E-state index in [1.54, 1.807) is 13.0 Å². The summed E-state index contributed by atoms with van der Waals surface area (Å²) in [6.07, 6.45) is 0. The van der Waals surface area contributed by atoms with Gasteiger partial charge < -0.3 is 15.2 Å². The van der Waals surface area contributed by atoms with E-state index in [0.29, 0.717) is 17.2 Å². The first kappa shape index (κ1) is 15.2. The molecule has 0 saturated heterocycles. The molecule has 1 aromatic carbocycles. The number of hydrogen-bond donors (Lipinski definition) is 2. The molecular weight excluding hydrogens is 290 g/mol. The zero-order chi connectivity index (χ0) is 15.2. The lowest BCUT2D eigenvalue weighted by Gasteiger charge is -2.04. The summed E-state index contributed by atoms with van der Waals surface area (Å²) in [5.74, 6) is -1.29. The van der Waals surface area contributed by atoms with Crippen LogP contribution in [0.2, 0.25) is 0 Å². The van der Waals surface area contributed by atoms with Gasteiger partial charge in [0.1, 0.15) is 11.5 Å². The van der Waals surface area contributed by atoms with Crippen LogP contribution in [-0.2, 0) is 16.1 Å². The number of ether oxygens (including phenoxy) is 1. The Morgan fingerprint density at radius 1 is 1.29 bits per heavy atom. The lowest BCUT2D eigenvalue weighted by molar-refractivity contribution is -0.120. The van der Waals surface area contributed by atoms with Gasteiger partial charge in [-0.2, -0.15) is 0 Å². The topological polar surface area (TPSA) is 75.6 Å². The number of hydrogen-bond acceptors (Lipinski definition) is 4. The summed E-state index contributed by atoms with van der Waals surface area (Å²) in [5.41, 5.74) is 1.62. The number of benzene rings is 1. The van der Waals surface area contributed by atoms with E-state index in [-0.39, 0.29) is 17.4 Å². The Morgan fingerprint density at radius 2 is 2.00 bits per heavy atom. The monoisotopic (exact) mass is 305 g/mol. The minimum Gasteiger partial charge on any atom is -0.477 e. The highest BCUT2D eigenvalue weighted by Crippen LogP contribution is 2.26. The molecular formula is C15H15NO4S. The van der Waals surface area contributed by atoms with Gasteiger partial charge in [0.05, 0.1) is 11.6 Å².